The highest BCUT2D eigenvalue weighted by molar-refractivity contribution is 7.13. The number of thiazole rings is 2. The van der Waals surface area contributed by atoms with Crippen molar-refractivity contribution >= 4 is 57.5 Å². The second-order valence-corrected chi connectivity index (χ2v) is 15.9. The van der Waals surface area contributed by atoms with Gasteiger partial charge in [0.2, 0.25) is 0 Å². The van der Waals surface area contributed by atoms with E-state index in [1.807, 2.05) is 88.4 Å². The highest BCUT2D eigenvalue weighted by Gasteiger charge is 2.28. The summed E-state index contributed by atoms with van der Waals surface area (Å²) in [7, 11) is 0. The summed E-state index contributed by atoms with van der Waals surface area (Å²) in [6.07, 6.45) is 16.7. The van der Waals surface area contributed by atoms with Crippen LogP contribution in [0.25, 0.3) is 32.4 Å². The van der Waals surface area contributed by atoms with Crippen LogP contribution in [0.5, 0.6) is 0 Å². The molecule has 2 aliphatic rings. The second-order valence-electron chi connectivity index (χ2n) is 14.2. The van der Waals surface area contributed by atoms with E-state index >= 15 is 0 Å². The Morgan fingerprint density at radius 2 is 1.18 bits per heavy atom. The van der Waals surface area contributed by atoms with Gasteiger partial charge in [0.05, 0.1) is 0 Å². The molecule has 0 unspecified atom stereocenters. The lowest BCUT2D eigenvalue weighted by Crippen LogP contribution is -2.37. The molecular formula is C43H46N12O3S2. The van der Waals surface area contributed by atoms with Crippen LogP contribution in [0.2, 0.25) is 0 Å². The van der Waals surface area contributed by atoms with Gasteiger partial charge in [0.25, 0.3) is 5.91 Å². The van der Waals surface area contributed by atoms with Crippen molar-refractivity contribution in [2.24, 2.45) is 5.73 Å². The van der Waals surface area contributed by atoms with E-state index < -0.39 is 5.97 Å². The number of aromatic nitrogens is 8. The standard InChI is InChI=1S/C21H20N6OS.C11H9NO2S.C10H13N5.CH4/c1-14-4-2-3-5-16(14)21-25-17(13-29-21)20(28)24-15-6-9-27(12-15)19-18-22-7-10-26(18)11-8-23-19;1-7-4-2-3-5-8(7)10-12-9(6-15-10)11(13)14;11-8-1-4-15(7-8)10-9-12-2-5-14(9)6-3-13-10;/h2-5,7-8,10-11,13,15H,6,9,12H2,1H3,(H,24,28);2-6H,1H3,(H,13,14);2-3,5-6,8H,1,4,7,11H2;1H4/t15-;;8-;/m0.0./s1. The largest absolute Gasteiger partial charge is 0.476 e. The van der Waals surface area contributed by atoms with E-state index in [0.29, 0.717) is 12.2 Å². The zero-order chi connectivity index (χ0) is 40.9. The molecule has 4 N–H and O–H groups in total. The van der Waals surface area contributed by atoms with Crippen LogP contribution in [0.1, 0.15) is 52.4 Å². The minimum atomic E-state index is -0.980. The number of benzene rings is 2. The first-order chi connectivity index (χ1) is 28.7. The molecule has 17 heteroatoms. The number of carbonyl (C=O) groups excluding carboxylic acids is 1. The lowest BCUT2D eigenvalue weighted by Gasteiger charge is -2.18. The molecule has 1 amide bonds. The number of anilines is 2. The molecule has 308 valence electrons. The summed E-state index contributed by atoms with van der Waals surface area (Å²) in [4.78, 5) is 54.0. The highest BCUT2D eigenvalue weighted by atomic mass is 32.1. The topological polar surface area (TPSA) is 185 Å². The van der Waals surface area contributed by atoms with Gasteiger partial charge in [-0.3, -0.25) is 4.79 Å². The molecule has 0 radical (unpaired) electrons. The van der Waals surface area contributed by atoms with Gasteiger partial charge in [-0.25, -0.2) is 34.7 Å². The van der Waals surface area contributed by atoms with E-state index in [2.05, 4.69) is 58.0 Å². The minimum absolute atomic E-state index is 0. The maximum Gasteiger partial charge on any atom is 0.355 e. The van der Waals surface area contributed by atoms with Gasteiger partial charge in [-0.15, -0.1) is 22.7 Å². The Hall–Kier alpha value is -6.56. The molecule has 60 heavy (non-hydrogen) atoms. The number of carbonyl (C=O) groups is 2. The van der Waals surface area contributed by atoms with E-state index in [-0.39, 0.29) is 31.1 Å². The van der Waals surface area contributed by atoms with Crippen molar-refractivity contribution < 1.29 is 14.7 Å². The van der Waals surface area contributed by atoms with Crippen LogP contribution >= 0.6 is 22.7 Å². The lowest BCUT2D eigenvalue weighted by molar-refractivity contribution is 0.0691. The van der Waals surface area contributed by atoms with Crippen molar-refractivity contribution in [1.82, 2.24) is 44.0 Å². The normalized spacial score (nSPS) is 15.8. The number of nitrogens with zero attached hydrogens (tertiary/aromatic N) is 10. The van der Waals surface area contributed by atoms with E-state index in [4.69, 9.17) is 10.8 Å². The fourth-order valence-electron chi connectivity index (χ4n) is 7.06. The van der Waals surface area contributed by atoms with E-state index in [0.717, 1.165) is 87.7 Å². The van der Waals surface area contributed by atoms with Gasteiger partial charge in [0.15, 0.2) is 28.6 Å². The number of nitrogens with one attached hydrogen (secondary N) is 1. The molecule has 0 bridgehead atoms. The summed E-state index contributed by atoms with van der Waals surface area (Å²) in [5, 5.41) is 16.9. The predicted octanol–water partition coefficient (Wildman–Crippen LogP) is 6.89. The van der Waals surface area contributed by atoms with E-state index in [9.17, 15) is 9.59 Å². The first-order valence-corrected chi connectivity index (χ1v) is 20.9. The van der Waals surface area contributed by atoms with Crippen LogP contribution in [0, 0.1) is 13.8 Å². The number of fused-ring (bicyclic) bond motifs is 2. The van der Waals surface area contributed by atoms with Crippen molar-refractivity contribution in [3.63, 3.8) is 0 Å². The number of carboxylic acids is 1. The first kappa shape index (κ1) is 41.6. The molecule has 10 rings (SSSR count). The van der Waals surface area contributed by atoms with Crippen molar-refractivity contribution in [3.05, 3.63) is 131 Å². The maximum absolute atomic E-state index is 12.7. The molecular weight excluding hydrogens is 797 g/mol. The highest BCUT2D eigenvalue weighted by Crippen LogP contribution is 2.28. The van der Waals surface area contributed by atoms with Crippen LogP contribution < -0.4 is 20.9 Å². The average molecular weight is 843 g/mol. The molecule has 0 spiro atoms. The van der Waals surface area contributed by atoms with Crippen LogP contribution in [-0.2, 0) is 0 Å². The Morgan fingerprint density at radius 3 is 1.68 bits per heavy atom. The summed E-state index contributed by atoms with van der Waals surface area (Å²) < 4.78 is 3.93. The predicted molar refractivity (Wildman–Crippen MR) is 237 cm³/mol. The fourth-order valence-corrected chi connectivity index (χ4v) is 8.83. The molecule has 6 aromatic heterocycles. The second kappa shape index (κ2) is 18.6. The Balaban J connectivity index is 0.000000148. The molecule has 15 nitrogen and oxygen atoms in total. The molecule has 8 heterocycles. The average Bonchev–Trinajstić information content (AvgIpc) is 4.10. The van der Waals surface area contributed by atoms with Crippen molar-refractivity contribution in [2.45, 2.75) is 46.2 Å². The summed E-state index contributed by atoms with van der Waals surface area (Å²) in [5.74, 6) is 0.686. The summed E-state index contributed by atoms with van der Waals surface area (Å²) in [6.45, 7) is 7.42. The Labute approximate surface area is 355 Å². The van der Waals surface area contributed by atoms with Gasteiger partial charge in [-0.1, -0.05) is 56.0 Å². The Morgan fingerprint density at radius 1 is 0.700 bits per heavy atom. The summed E-state index contributed by atoms with van der Waals surface area (Å²) >= 11 is 2.85. The number of nitrogens with two attached hydrogens (primary N) is 1. The van der Waals surface area contributed by atoms with Gasteiger partial charge in [-0.05, 0) is 37.8 Å². The van der Waals surface area contributed by atoms with Gasteiger partial charge in [0.1, 0.15) is 15.7 Å². The van der Waals surface area contributed by atoms with Crippen molar-refractivity contribution in [1.29, 1.82) is 0 Å². The molecule has 8 aromatic rings. The first-order valence-electron chi connectivity index (χ1n) is 19.1. The van der Waals surface area contributed by atoms with Crippen LogP contribution in [-0.4, -0.2) is 94.0 Å². The minimum Gasteiger partial charge on any atom is -0.476 e. The van der Waals surface area contributed by atoms with Gasteiger partial charge >= 0.3 is 5.97 Å². The third kappa shape index (κ3) is 9.17. The molecule has 2 atom stereocenters. The number of carboxylic acid groups (broad SMARTS) is 1. The smallest absolute Gasteiger partial charge is 0.355 e. The monoisotopic (exact) mass is 842 g/mol. The number of amides is 1. The number of hydrogen-bond donors (Lipinski definition) is 3. The molecule has 2 aromatic carbocycles. The maximum atomic E-state index is 12.7. The third-order valence-electron chi connectivity index (χ3n) is 10.1. The molecule has 0 saturated carbocycles. The quantitative estimate of drug-likeness (QED) is 0.151. The zero-order valence-corrected chi connectivity index (χ0v) is 34.1. The molecule has 2 aliphatic heterocycles. The third-order valence-corrected chi connectivity index (χ3v) is 11.9. The molecule has 2 fully saturated rings. The van der Waals surface area contributed by atoms with Crippen molar-refractivity contribution in [2.75, 3.05) is 36.0 Å². The number of rotatable bonds is 7. The van der Waals surface area contributed by atoms with Gasteiger partial charge in [0, 0.05) is 110 Å². The summed E-state index contributed by atoms with van der Waals surface area (Å²) in [6, 6.07) is 16.2. The van der Waals surface area contributed by atoms with Crippen LogP contribution in [0.4, 0.5) is 11.6 Å². The fraction of sp³-hybridized carbons (Fsp3) is 0.256. The van der Waals surface area contributed by atoms with E-state index in [1.54, 1.807) is 30.2 Å². The Kier molecular flexibility index (Phi) is 12.9. The van der Waals surface area contributed by atoms with Gasteiger partial charge < -0.3 is 34.8 Å². The number of hydrogen-bond acceptors (Lipinski definition) is 13. The van der Waals surface area contributed by atoms with E-state index in [1.165, 1.54) is 22.7 Å². The Bertz CT molecular complexity index is 2720. The number of aryl methyl sites for hydroxylation is 2. The van der Waals surface area contributed by atoms with Crippen LogP contribution in [0.15, 0.2) is 109 Å². The molecule has 0 aliphatic carbocycles. The zero-order valence-electron chi connectivity index (χ0n) is 32.4. The SMILES string of the molecule is C.Cc1ccccc1-c1nc(C(=O)N[C@H]2CCN(c3nccn4ccnc34)C2)cs1.Cc1ccccc1-c1nc(C(=O)O)cs1.N[C@H]1CCN(c2nccn3ccnc23)C1. The lowest BCUT2D eigenvalue weighted by atomic mass is 10.1. The number of aromatic carboxylic acids is 1. The molecule has 2 saturated heterocycles. The van der Waals surface area contributed by atoms with Gasteiger partial charge in [-0.2, -0.15) is 0 Å². The van der Waals surface area contributed by atoms with Crippen molar-refractivity contribution in [3.8, 4) is 21.1 Å². The van der Waals surface area contributed by atoms with Crippen LogP contribution in [0.3, 0.4) is 0 Å². The summed E-state index contributed by atoms with van der Waals surface area (Å²) in [5.41, 5.74) is 12.5. The number of imidazole rings is 2.